The van der Waals surface area contributed by atoms with Crippen LogP contribution in [0.3, 0.4) is 0 Å². The van der Waals surface area contributed by atoms with Gasteiger partial charge in [0.05, 0.1) is 0 Å². The summed E-state index contributed by atoms with van der Waals surface area (Å²) in [5.74, 6) is 3.16. The SMILES string of the molecule is CN=C(NCC(C)Cn1cccn1)N1CCN(Cc2ccc3c(c2)OCO3)CC1. The molecule has 1 N–H and O–H groups in total. The van der Waals surface area contributed by atoms with Crippen molar-refractivity contribution in [1.29, 1.82) is 0 Å². The van der Waals surface area contributed by atoms with Gasteiger partial charge >= 0.3 is 0 Å². The molecule has 2 aliphatic heterocycles. The number of hydrogen-bond acceptors (Lipinski definition) is 5. The van der Waals surface area contributed by atoms with Crippen LogP contribution in [-0.2, 0) is 13.1 Å². The topological polar surface area (TPSA) is 67.2 Å². The first kappa shape index (κ1) is 19.6. The molecule has 1 saturated heterocycles. The van der Waals surface area contributed by atoms with E-state index in [-0.39, 0.29) is 0 Å². The van der Waals surface area contributed by atoms with Gasteiger partial charge in [-0.2, -0.15) is 5.10 Å². The summed E-state index contributed by atoms with van der Waals surface area (Å²) < 4.78 is 12.9. The number of hydrogen-bond donors (Lipinski definition) is 1. The minimum Gasteiger partial charge on any atom is -0.454 e. The lowest BCUT2D eigenvalue weighted by molar-refractivity contribution is 0.170. The number of nitrogens with one attached hydrogen (secondary N) is 1. The first-order chi connectivity index (χ1) is 14.2. The predicted octanol–water partition coefficient (Wildman–Crippen LogP) is 1.64. The zero-order chi connectivity index (χ0) is 20.1. The lowest BCUT2D eigenvalue weighted by Gasteiger charge is -2.36. The lowest BCUT2D eigenvalue weighted by atomic mass is 10.1. The number of piperazine rings is 1. The molecule has 3 heterocycles. The Morgan fingerprint density at radius 3 is 2.79 bits per heavy atom. The third kappa shape index (κ3) is 5.00. The normalized spacial score (nSPS) is 18.1. The summed E-state index contributed by atoms with van der Waals surface area (Å²) in [6.45, 7) is 9.22. The molecule has 1 atom stereocenters. The van der Waals surface area contributed by atoms with Crippen molar-refractivity contribution in [1.82, 2.24) is 24.9 Å². The summed E-state index contributed by atoms with van der Waals surface area (Å²) in [5, 5.41) is 7.81. The highest BCUT2D eigenvalue weighted by atomic mass is 16.7. The monoisotopic (exact) mass is 398 g/mol. The van der Waals surface area contributed by atoms with Gasteiger partial charge in [-0.1, -0.05) is 13.0 Å². The van der Waals surface area contributed by atoms with Gasteiger partial charge in [-0.15, -0.1) is 0 Å². The first-order valence-corrected chi connectivity index (χ1v) is 10.2. The Bertz CT molecular complexity index is 815. The van der Waals surface area contributed by atoms with Crippen LogP contribution in [0.15, 0.2) is 41.7 Å². The van der Waals surface area contributed by atoms with Gasteiger partial charge in [-0.3, -0.25) is 14.6 Å². The van der Waals surface area contributed by atoms with Crippen LogP contribution in [0.2, 0.25) is 0 Å². The zero-order valence-electron chi connectivity index (χ0n) is 17.3. The fourth-order valence-corrected chi connectivity index (χ4v) is 3.81. The first-order valence-electron chi connectivity index (χ1n) is 10.2. The van der Waals surface area contributed by atoms with Gasteiger partial charge in [0.25, 0.3) is 0 Å². The number of nitrogens with zero attached hydrogens (tertiary/aromatic N) is 5. The van der Waals surface area contributed by atoms with Crippen LogP contribution >= 0.6 is 0 Å². The Hall–Kier alpha value is -2.74. The molecule has 0 aliphatic carbocycles. The van der Waals surface area contributed by atoms with E-state index in [0.29, 0.717) is 12.7 Å². The summed E-state index contributed by atoms with van der Waals surface area (Å²) in [4.78, 5) is 9.31. The second-order valence-corrected chi connectivity index (χ2v) is 7.71. The molecule has 1 aromatic heterocycles. The molecule has 0 bridgehead atoms. The van der Waals surface area contributed by atoms with Crippen molar-refractivity contribution in [3.05, 3.63) is 42.2 Å². The van der Waals surface area contributed by atoms with Gasteiger partial charge in [0.2, 0.25) is 6.79 Å². The Balaban J connectivity index is 1.22. The third-order valence-corrected chi connectivity index (χ3v) is 5.39. The summed E-state index contributed by atoms with van der Waals surface area (Å²) in [5.41, 5.74) is 1.26. The van der Waals surface area contributed by atoms with Crippen molar-refractivity contribution < 1.29 is 9.47 Å². The summed E-state index contributed by atoms with van der Waals surface area (Å²) in [7, 11) is 1.86. The van der Waals surface area contributed by atoms with Crippen LogP contribution in [0.1, 0.15) is 12.5 Å². The smallest absolute Gasteiger partial charge is 0.231 e. The van der Waals surface area contributed by atoms with Crippen molar-refractivity contribution in [2.24, 2.45) is 10.9 Å². The van der Waals surface area contributed by atoms with Gasteiger partial charge in [0.1, 0.15) is 0 Å². The Morgan fingerprint density at radius 1 is 1.21 bits per heavy atom. The molecule has 8 nitrogen and oxygen atoms in total. The maximum Gasteiger partial charge on any atom is 0.231 e. The molecule has 1 fully saturated rings. The number of rotatable bonds is 6. The minimum absolute atomic E-state index is 0.324. The molecule has 1 unspecified atom stereocenters. The van der Waals surface area contributed by atoms with Crippen LogP contribution in [-0.4, -0.2) is 72.1 Å². The average molecular weight is 399 g/mol. The van der Waals surface area contributed by atoms with Crippen molar-refractivity contribution in [3.8, 4) is 11.5 Å². The van der Waals surface area contributed by atoms with Crippen LogP contribution in [0.4, 0.5) is 0 Å². The van der Waals surface area contributed by atoms with Crippen LogP contribution in [0.5, 0.6) is 11.5 Å². The summed E-state index contributed by atoms with van der Waals surface area (Å²) in [6, 6.07) is 8.18. The molecule has 1 aromatic carbocycles. The van der Waals surface area contributed by atoms with Crippen molar-refractivity contribution in [2.75, 3.05) is 46.6 Å². The Kier molecular flexibility index (Phi) is 6.19. The van der Waals surface area contributed by atoms with Gasteiger partial charge < -0.3 is 19.7 Å². The van der Waals surface area contributed by atoms with Gasteiger partial charge in [0.15, 0.2) is 17.5 Å². The maximum atomic E-state index is 5.49. The van der Waals surface area contributed by atoms with E-state index in [1.165, 1.54) is 5.56 Å². The molecule has 0 amide bonds. The number of fused-ring (bicyclic) bond motifs is 1. The average Bonchev–Trinajstić information content (AvgIpc) is 3.41. The number of aliphatic imine (C=N–C) groups is 1. The summed E-state index contributed by atoms with van der Waals surface area (Å²) in [6.07, 6.45) is 3.83. The highest BCUT2D eigenvalue weighted by Gasteiger charge is 2.21. The number of guanidine groups is 1. The fourth-order valence-electron chi connectivity index (χ4n) is 3.81. The van der Waals surface area contributed by atoms with Gasteiger partial charge in [0, 0.05) is 65.3 Å². The minimum atomic E-state index is 0.324. The predicted molar refractivity (Wildman–Crippen MR) is 112 cm³/mol. The molecular weight excluding hydrogens is 368 g/mol. The van der Waals surface area contributed by atoms with E-state index in [2.05, 4.69) is 44.3 Å². The van der Waals surface area contributed by atoms with E-state index in [9.17, 15) is 0 Å². The standard InChI is InChI=1S/C21H30N6O2/c1-17(14-27-7-3-6-24-27)13-23-21(22-2)26-10-8-25(9-11-26)15-18-4-5-19-20(12-18)29-16-28-19/h3-7,12,17H,8-11,13-16H2,1-2H3,(H,22,23). The highest BCUT2D eigenvalue weighted by molar-refractivity contribution is 5.80. The second-order valence-electron chi connectivity index (χ2n) is 7.71. The van der Waals surface area contributed by atoms with Crippen LogP contribution in [0, 0.1) is 5.92 Å². The van der Waals surface area contributed by atoms with E-state index in [1.54, 1.807) is 0 Å². The lowest BCUT2D eigenvalue weighted by Crippen LogP contribution is -2.52. The maximum absolute atomic E-state index is 5.49. The van der Waals surface area contributed by atoms with Crippen LogP contribution < -0.4 is 14.8 Å². The quantitative estimate of drug-likeness (QED) is 0.590. The Labute approximate surface area is 172 Å². The van der Waals surface area contributed by atoms with Crippen LogP contribution in [0.25, 0.3) is 0 Å². The van der Waals surface area contributed by atoms with Crippen molar-refractivity contribution >= 4 is 5.96 Å². The van der Waals surface area contributed by atoms with E-state index in [4.69, 9.17) is 9.47 Å². The molecular formula is C21H30N6O2. The van der Waals surface area contributed by atoms with Gasteiger partial charge in [-0.25, -0.2) is 0 Å². The molecule has 2 aromatic rings. The molecule has 156 valence electrons. The van der Waals surface area contributed by atoms with E-state index in [1.807, 2.05) is 36.3 Å². The molecule has 0 saturated carbocycles. The van der Waals surface area contributed by atoms with Crippen molar-refractivity contribution in [3.63, 3.8) is 0 Å². The van der Waals surface area contributed by atoms with E-state index >= 15 is 0 Å². The molecule has 2 aliphatic rings. The summed E-state index contributed by atoms with van der Waals surface area (Å²) >= 11 is 0. The zero-order valence-corrected chi connectivity index (χ0v) is 17.3. The number of ether oxygens (including phenoxy) is 2. The molecule has 29 heavy (non-hydrogen) atoms. The fraction of sp³-hybridized carbons (Fsp3) is 0.524. The largest absolute Gasteiger partial charge is 0.454 e. The number of benzene rings is 1. The highest BCUT2D eigenvalue weighted by Crippen LogP contribution is 2.32. The molecule has 8 heteroatoms. The molecule has 0 spiro atoms. The van der Waals surface area contributed by atoms with E-state index in [0.717, 1.165) is 63.3 Å². The third-order valence-electron chi connectivity index (χ3n) is 5.39. The second kappa shape index (κ2) is 9.17. The van der Waals surface area contributed by atoms with E-state index < -0.39 is 0 Å². The molecule has 0 radical (unpaired) electrons. The molecule has 4 rings (SSSR count). The van der Waals surface area contributed by atoms with Gasteiger partial charge in [-0.05, 0) is 29.7 Å². The van der Waals surface area contributed by atoms with Crippen molar-refractivity contribution in [2.45, 2.75) is 20.0 Å². The number of aromatic nitrogens is 2. The Morgan fingerprint density at radius 2 is 2.03 bits per heavy atom.